The summed E-state index contributed by atoms with van der Waals surface area (Å²) < 4.78 is 5.31. The van der Waals surface area contributed by atoms with Crippen LogP contribution in [-0.4, -0.2) is 29.7 Å². The second kappa shape index (κ2) is 5.72. The fourth-order valence-corrected chi connectivity index (χ4v) is 1.70. The Hall–Kier alpha value is -1.50. The van der Waals surface area contributed by atoms with Gasteiger partial charge in [-0.25, -0.2) is 4.79 Å². The summed E-state index contributed by atoms with van der Waals surface area (Å²) in [6.07, 6.45) is 3.88. The Morgan fingerprint density at radius 2 is 2.06 bits per heavy atom. The van der Waals surface area contributed by atoms with Crippen LogP contribution in [-0.2, 0) is 4.74 Å². The maximum atomic E-state index is 11.8. The van der Waals surface area contributed by atoms with E-state index >= 15 is 0 Å². The van der Waals surface area contributed by atoms with E-state index in [4.69, 9.17) is 10.00 Å². The molecule has 1 saturated heterocycles. The highest BCUT2D eigenvalue weighted by Crippen LogP contribution is 2.19. The molecule has 94 valence electrons. The standard InChI is InChI=1S/C13H20N2O2/c1-13(2,3)17-12(16)15-9-6-11(7-10-15)5-4-8-14/h5H,4,6-7,9-10H2,1-3H3. The number of rotatable bonds is 1. The van der Waals surface area contributed by atoms with E-state index < -0.39 is 5.60 Å². The summed E-state index contributed by atoms with van der Waals surface area (Å²) in [5.74, 6) is 0. The zero-order chi connectivity index (χ0) is 12.9. The molecule has 0 saturated carbocycles. The summed E-state index contributed by atoms with van der Waals surface area (Å²) in [6.45, 7) is 6.98. The van der Waals surface area contributed by atoms with Crippen LogP contribution in [0.15, 0.2) is 11.6 Å². The predicted octanol–water partition coefficient (Wildman–Crippen LogP) is 2.86. The van der Waals surface area contributed by atoms with Crippen molar-refractivity contribution in [3.8, 4) is 6.07 Å². The molecule has 0 bridgehead atoms. The lowest BCUT2D eigenvalue weighted by Gasteiger charge is -2.30. The first-order valence-electron chi connectivity index (χ1n) is 5.95. The average Bonchev–Trinajstić information content (AvgIpc) is 2.24. The molecule has 1 aliphatic rings. The van der Waals surface area contributed by atoms with E-state index in [1.807, 2.05) is 26.8 Å². The normalized spacial score (nSPS) is 16.4. The van der Waals surface area contributed by atoms with Crippen molar-refractivity contribution in [1.29, 1.82) is 5.26 Å². The smallest absolute Gasteiger partial charge is 0.410 e. The molecule has 1 rings (SSSR count). The van der Waals surface area contributed by atoms with Gasteiger partial charge in [0.1, 0.15) is 5.60 Å². The van der Waals surface area contributed by atoms with Crippen molar-refractivity contribution in [3.63, 3.8) is 0 Å². The lowest BCUT2D eigenvalue weighted by atomic mass is 10.0. The Labute approximate surface area is 103 Å². The molecule has 1 fully saturated rings. The summed E-state index contributed by atoms with van der Waals surface area (Å²) in [6, 6.07) is 2.10. The van der Waals surface area contributed by atoms with Gasteiger partial charge in [0.2, 0.25) is 0 Å². The fraction of sp³-hybridized carbons (Fsp3) is 0.692. The Bertz CT molecular complexity index is 337. The molecule has 0 aromatic rings. The molecule has 0 aliphatic carbocycles. The first-order chi connectivity index (χ1) is 7.92. The highest BCUT2D eigenvalue weighted by molar-refractivity contribution is 5.68. The molecule has 0 aromatic carbocycles. The van der Waals surface area contributed by atoms with Gasteiger partial charge in [-0.05, 0) is 33.6 Å². The van der Waals surface area contributed by atoms with Crippen LogP contribution in [0.3, 0.4) is 0 Å². The molecule has 0 atom stereocenters. The van der Waals surface area contributed by atoms with Gasteiger partial charge < -0.3 is 9.64 Å². The second-order valence-electron chi connectivity index (χ2n) is 5.19. The van der Waals surface area contributed by atoms with Crippen molar-refractivity contribution < 1.29 is 9.53 Å². The third-order valence-electron chi connectivity index (χ3n) is 2.54. The molecule has 0 aromatic heterocycles. The summed E-state index contributed by atoms with van der Waals surface area (Å²) in [4.78, 5) is 13.5. The molecule has 4 heteroatoms. The van der Waals surface area contributed by atoms with Gasteiger partial charge in [0.25, 0.3) is 0 Å². The zero-order valence-electron chi connectivity index (χ0n) is 10.8. The lowest BCUT2D eigenvalue weighted by Crippen LogP contribution is -2.40. The van der Waals surface area contributed by atoms with E-state index in [0.29, 0.717) is 19.5 Å². The molecule has 0 N–H and O–H groups in total. The van der Waals surface area contributed by atoms with Gasteiger partial charge in [-0.15, -0.1) is 0 Å². The van der Waals surface area contributed by atoms with E-state index in [2.05, 4.69) is 6.07 Å². The fourth-order valence-electron chi connectivity index (χ4n) is 1.70. The molecule has 0 radical (unpaired) electrons. The predicted molar refractivity (Wildman–Crippen MR) is 65.4 cm³/mol. The van der Waals surface area contributed by atoms with Gasteiger partial charge in [-0.1, -0.05) is 11.6 Å². The minimum absolute atomic E-state index is 0.239. The Kier molecular flexibility index (Phi) is 4.56. The molecule has 1 heterocycles. The molecule has 0 unspecified atom stereocenters. The number of hydrogen-bond acceptors (Lipinski definition) is 3. The van der Waals surface area contributed by atoms with Crippen molar-refractivity contribution in [2.75, 3.05) is 13.1 Å². The SMILES string of the molecule is CC(C)(C)OC(=O)N1CCC(=CCC#N)CC1. The lowest BCUT2D eigenvalue weighted by molar-refractivity contribution is 0.0236. The minimum Gasteiger partial charge on any atom is -0.444 e. The van der Waals surface area contributed by atoms with Crippen molar-refractivity contribution >= 4 is 6.09 Å². The van der Waals surface area contributed by atoms with Crippen molar-refractivity contribution in [2.45, 2.75) is 45.6 Å². The van der Waals surface area contributed by atoms with Crippen LogP contribution < -0.4 is 0 Å². The van der Waals surface area contributed by atoms with Crippen LogP contribution in [0.4, 0.5) is 4.79 Å². The maximum Gasteiger partial charge on any atom is 0.410 e. The number of piperidine rings is 1. The van der Waals surface area contributed by atoms with Crippen LogP contribution in [0.5, 0.6) is 0 Å². The number of carbonyl (C=O) groups is 1. The number of amides is 1. The van der Waals surface area contributed by atoms with Crippen LogP contribution >= 0.6 is 0 Å². The number of nitriles is 1. The van der Waals surface area contributed by atoms with Crippen molar-refractivity contribution in [1.82, 2.24) is 4.90 Å². The van der Waals surface area contributed by atoms with Crippen LogP contribution in [0, 0.1) is 11.3 Å². The van der Waals surface area contributed by atoms with E-state index in [9.17, 15) is 4.79 Å². The van der Waals surface area contributed by atoms with Crippen LogP contribution in [0.2, 0.25) is 0 Å². The Balaban J connectivity index is 2.42. The van der Waals surface area contributed by atoms with Gasteiger partial charge in [-0.2, -0.15) is 5.26 Å². The summed E-state index contributed by atoms with van der Waals surface area (Å²) in [5.41, 5.74) is 0.833. The molecule has 1 aliphatic heterocycles. The summed E-state index contributed by atoms with van der Waals surface area (Å²) >= 11 is 0. The zero-order valence-corrected chi connectivity index (χ0v) is 10.8. The third kappa shape index (κ3) is 4.90. The molecule has 17 heavy (non-hydrogen) atoms. The number of likely N-dealkylation sites (tertiary alicyclic amines) is 1. The van der Waals surface area contributed by atoms with Crippen LogP contribution in [0.1, 0.15) is 40.0 Å². The topological polar surface area (TPSA) is 53.3 Å². The second-order valence-corrected chi connectivity index (χ2v) is 5.19. The monoisotopic (exact) mass is 236 g/mol. The van der Waals surface area contributed by atoms with Gasteiger partial charge in [0, 0.05) is 13.1 Å². The number of allylic oxidation sites excluding steroid dienone is 1. The molecular formula is C13H20N2O2. The maximum absolute atomic E-state index is 11.8. The largest absolute Gasteiger partial charge is 0.444 e. The first-order valence-corrected chi connectivity index (χ1v) is 5.95. The molecule has 0 spiro atoms. The number of nitrogens with zero attached hydrogens (tertiary/aromatic N) is 2. The number of hydrogen-bond donors (Lipinski definition) is 0. The Morgan fingerprint density at radius 1 is 1.47 bits per heavy atom. The van der Waals surface area contributed by atoms with Crippen molar-refractivity contribution in [3.05, 3.63) is 11.6 Å². The van der Waals surface area contributed by atoms with Gasteiger partial charge in [0.05, 0.1) is 12.5 Å². The third-order valence-corrected chi connectivity index (χ3v) is 2.54. The molecular weight excluding hydrogens is 216 g/mol. The quantitative estimate of drug-likeness (QED) is 0.658. The Morgan fingerprint density at radius 3 is 2.53 bits per heavy atom. The number of ether oxygens (including phenoxy) is 1. The van der Waals surface area contributed by atoms with E-state index in [0.717, 1.165) is 12.8 Å². The summed E-state index contributed by atoms with van der Waals surface area (Å²) in [7, 11) is 0. The van der Waals surface area contributed by atoms with Gasteiger partial charge in [-0.3, -0.25) is 0 Å². The highest BCUT2D eigenvalue weighted by Gasteiger charge is 2.24. The van der Waals surface area contributed by atoms with E-state index in [1.165, 1.54) is 5.57 Å². The van der Waals surface area contributed by atoms with Crippen LogP contribution in [0.25, 0.3) is 0 Å². The average molecular weight is 236 g/mol. The molecule has 1 amide bonds. The minimum atomic E-state index is -0.436. The number of carbonyl (C=O) groups excluding carboxylic acids is 1. The van der Waals surface area contributed by atoms with Gasteiger partial charge >= 0.3 is 6.09 Å². The van der Waals surface area contributed by atoms with E-state index in [1.54, 1.807) is 4.90 Å². The highest BCUT2D eigenvalue weighted by atomic mass is 16.6. The first kappa shape index (κ1) is 13.6. The molecule has 4 nitrogen and oxygen atoms in total. The summed E-state index contributed by atoms with van der Waals surface area (Å²) in [5, 5.41) is 8.49. The van der Waals surface area contributed by atoms with Gasteiger partial charge in [0.15, 0.2) is 0 Å². The van der Waals surface area contributed by atoms with Crippen molar-refractivity contribution in [2.24, 2.45) is 0 Å². The van der Waals surface area contributed by atoms with E-state index in [-0.39, 0.29) is 6.09 Å².